The summed E-state index contributed by atoms with van der Waals surface area (Å²) in [6.07, 6.45) is 0.477. The van der Waals surface area contributed by atoms with Crippen molar-refractivity contribution in [2.24, 2.45) is 0 Å². The van der Waals surface area contributed by atoms with Gasteiger partial charge in [0.1, 0.15) is 5.78 Å². The fourth-order valence-corrected chi connectivity index (χ4v) is 0.911. The van der Waals surface area contributed by atoms with Gasteiger partial charge < -0.3 is 15.4 Å². The molecule has 2 amide bonds. The molecule has 0 saturated carbocycles. The number of carbonyl (C=O) groups is 3. The zero-order chi connectivity index (χ0) is 12.6. The molecular formula is C11H17N2NaO3. The molecule has 0 unspecified atom stereocenters. The summed E-state index contributed by atoms with van der Waals surface area (Å²) >= 11 is 0. The molecule has 0 heterocycles. The van der Waals surface area contributed by atoms with E-state index in [9.17, 15) is 14.4 Å². The minimum Gasteiger partial charge on any atom is -0.649 e. The molecule has 90 valence electrons. The van der Waals surface area contributed by atoms with Crippen LogP contribution in [0.25, 0.3) is 5.32 Å². The largest absolute Gasteiger partial charge is 1.00 e. The van der Waals surface area contributed by atoms with Crippen molar-refractivity contribution in [1.82, 2.24) is 5.32 Å². The van der Waals surface area contributed by atoms with Crippen LogP contribution in [0.15, 0.2) is 12.2 Å². The van der Waals surface area contributed by atoms with Crippen LogP contribution in [-0.4, -0.2) is 30.7 Å². The summed E-state index contributed by atoms with van der Waals surface area (Å²) < 4.78 is 0. The van der Waals surface area contributed by atoms with Gasteiger partial charge in [-0.1, -0.05) is 13.0 Å². The van der Waals surface area contributed by atoms with Crippen LogP contribution >= 0.6 is 0 Å². The molecule has 0 aliphatic heterocycles. The first kappa shape index (κ1) is 18.7. The van der Waals surface area contributed by atoms with E-state index in [1.54, 1.807) is 6.92 Å². The third kappa shape index (κ3) is 11.6. The molecule has 0 spiro atoms. The van der Waals surface area contributed by atoms with Crippen molar-refractivity contribution in [1.29, 1.82) is 0 Å². The first-order valence-corrected chi connectivity index (χ1v) is 5.07. The van der Waals surface area contributed by atoms with E-state index in [-0.39, 0.29) is 53.6 Å². The van der Waals surface area contributed by atoms with E-state index < -0.39 is 0 Å². The summed E-state index contributed by atoms with van der Waals surface area (Å²) in [5.41, 5.74) is 0.403. The fourth-order valence-electron chi connectivity index (χ4n) is 0.911. The Balaban J connectivity index is 0. The van der Waals surface area contributed by atoms with Gasteiger partial charge in [-0.3, -0.25) is 9.59 Å². The molecule has 0 aliphatic carbocycles. The third-order valence-electron chi connectivity index (χ3n) is 1.69. The van der Waals surface area contributed by atoms with Gasteiger partial charge in [-0.15, -0.1) is 6.54 Å². The van der Waals surface area contributed by atoms with Crippen LogP contribution in [0.1, 0.15) is 26.7 Å². The minimum atomic E-state index is -0.310. The maximum absolute atomic E-state index is 11.0. The number of hydrogen-bond donors (Lipinski definition) is 1. The first-order valence-electron chi connectivity index (χ1n) is 5.07. The Hall–Kier alpha value is -0.650. The van der Waals surface area contributed by atoms with E-state index in [1.165, 1.54) is 6.92 Å². The number of ketones is 1. The molecular weight excluding hydrogens is 231 g/mol. The second-order valence-electron chi connectivity index (χ2n) is 3.55. The molecule has 1 N–H and O–H groups in total. The summed E-state index contributed by atoms with van der Waals surface area (Å²) in [4.78, 5) is 32.6. The van der Waals surface area contributed by atoms with Gasteiger partial charge in [-0.25, -0.2) is 0 Å². The Morgan fingerprint density at radius 3 is 2.29 bits per heavy atom. The number of nitrogens with zero attached hydrogens (tertiary/aromatic N) is 1. The molecule has 0 atom stereocenters. The van der Waals surface area contributed by atoms with Gasteiger partial charge in [-0.05, 0) is 19.4 Å². The van der Waals surface area contributed by atoms with Crippen LogP contribution in [0.2, 0.25) is 0 Å². The van der Waals surface area contributed by atoms with Crippen molar-refractivity contribution in [3.63, 3.8) is 0 Å². The van der Waals surface area contributed by atoms with Crippen molar-refractivity contribution in [2.45, 2.75) is 26.7 Å². The number of hydrogen-bond acceptors (Lipinski definition) is 3. The molecule has 0 rings (SSSR count). The zero-order valence-electron chi connectivity index (χ0n) is 10.7. The molecule has 0 aromatic carbocycles. The van der Waals surface area contributed by atoms with Gasteiger partial charge in [0.15, 0.2) is 0 Å². The molecule has 0 fully saturated rings. The molecule has 0 aliphatic rings. The van der Waals surface area contributed by atoms with Gasteiger partial charge in [-0.2, -0.15) is 0 Å². The molecule has 5 nitrogen and oxygen atoms in total. The summed E-state index contributed by atoms with van der Waals surface area (Å²) in [5, 5.41) is 6.29. The van der Waals surface area contributed by atoms with Crippen molar-refractivity contribution in [2.75, 3.05) is 13.1 Å². The zero-order valence-corrected chi connectivity index (χ0v) is 12.7. The van der Waals surface area contributed by atoms with E-state index in [4.69, 9.17) is 0 Å². The normalized spacial score (nSPS) is 8.82. The minimum absolute atomic E-state index is 0. The topological polar surface area (TPSA) is 77.3 Å². The Bertz CT molecular complexity index is 303. The Kier molecular flexibility index (Phi) is 11.6. The van der Waals surface area contributed by atoms with Gasteiger partial charge in [0, 0.05) is 6.54 Å². The fraction of sp³-hybridized carbons (Fsp3) is 0.545. The molecule has 0 saturated heterocycles. The Labute approximate surface area is 124 Å². The number of rotatable bonds is 7. The predicted molar refractivity (Wildman–Crippen MR) is 61.0 cm³/mol. The van der Waals surface area contributed by atoms with Crippen LogP contribution < -0.4 is 34.9 Å². The number of Topliss-reactive ketones (excluding diaryl/α,β-unsaturated/α-hetero) is 1. The second kappa shape index (κ2) is 10.5. The third-order valence-corrected chi connectivity index (χ3v) is 1.69. The monoisotopic (exact) mass is 248 g/mol. The standard InChI is InChI=1S/C11H18N2O3.Na/c1-8(2)11(16)13-6-4-5-12-10(15)7-9(3)14;/h1,4-7H2,2-3H3,(H2,12,13,15,16);/q;+1/p-1. The predicted octanol–water partition coefficient (Wildman–Crippen LogP) is -2.05. The summed E-state index contributed by atoms with van der Waals surface area (Å²) in [6, 6.07) is 0. The molecule has 6 heteroatoms. The summed E-state index contributed by atoms with van der Waals surface area (Å²) in [6.45, 7) is 7.19. The van der Waals surface area contributed by atoms with Gasteiger partial charge >= 0.3 is 29.6 Å². The summed E-state index contributed by atoms with van der Waals surface area (Å²) in [7, 11) is 0. The van der Waals surface area contributed by atoms with E-state index in [0.29, 0.717) is 25.1 Å². The average Bonchev–Trinajstić information content (AvgIpc) is 2.15. The summed E-state index contributed by atoms with van der Waals surface area (Å²) in [5.74, 6) is -0.770. The van der Waals surface area contributed by atoms with Crippen LogP contribution in [0.4, 0.5) is 0 Å². The second-order valence-corrected chi connectivity index (χ2v) is 3.55. The average molecular weight is 248 g/mol. The Morgan fingerprint density at radius 2 is 1.82 bits per heavy atom. The molecule has 0 aromatic rings. The van der Waals surface area contributed by atoms with Crippen LogP contribution in [0.5, 0.6) is 0 Å². The SMILES string of the molecule is C=C(C)C(=O)[N-]CCCNC(=O)CC(C)=O.[Na+]. The smallest absolute Gasteiger partial charge is 0.649 e. The molecule has 0 radical (unpaired) electrons. The van der Waals surface area contributed by atoms with Gasteiger partial charge in [0.05, 0.1) is 12.3 Å². The molecule has 17 heavy (non-hydrogen) atoms. The van der Waals surface area contributed by atoms with Gasteiger partial charge in [0.2, 0.25) is 5.91 Å². The quantitative estimate of drug-likeness (QED) is 0.244. The van der Waals surface area contributed by atoms with E-state index in [0.717, 1.165) is 0 Å². The van der Waals surface area contributed by atoms with Gasteiger partial charge in [0.25, 0.3) is 0 Å². The van der Waals surface area contributed by atoms with E-state index in [2.05, 4.69) is 17.2 Å². The molecule has 0 aromatic heterocycles. The van der Waals surface area contributed by atoms with Crippen molar-refractivity contribution >= 4 is 17.6 Å². The molecule has 0 bridgehead atoms. The maximum atomic E-state index is 11.0. The van der Waals surface area contributed by atoms with E-state index >= 15 is 0 Å². The van der Waals surface area contributed by atoms with Crippen LogP contribution in [-0.2, 0) is 14.4 Å². The van der Waals surface area contributed by atoms with E-state index in [1.807, 2.05) is 0 Å². The first-order chi connectivity index (χ1) is 7.43. The van der Waals surface area contributed by atoms with Crippen LogP contribution in [0, 0.1) is 0 Å². The Morgan fingerprint density at radius 1 is 1.24 bits per heavy atom. The van der Waals surface area contributed by atoms with Crippen molar-refractivity contribution < 1.29 is 43.9 Å². The maximum Gasteiger partial charge on any atom is 1.00 e. The number of carbonyl (C=O) groups excluding carboxylic acids is 3. The van der Waals surface area contributed by atoms with Crippen LogP contribution in [0.3, 0.4) is 0 Å². The van der Waals surface area contributed by atoms with Crippen molar-refractivity contribution in [3.8, 4) is 0 Å². The number of nitrogens with one attached hydrogen (secondary N) is 1. The van der Waals surface area contributed by atoms with Crippen molar-refractivity contribution in [3.05, 3.63) is 17.5 Å². The number of amides is 2.